The Kier molecular flexibility index (Phi) is 2.05. The summed E-state index contributed by atoms with van der Waals surface area (Å²) >= 11 is 0. The quantitative estimate of drug-likeness (QED) is 0.522. The normalized spacial score (nSPS) is 17.4. The van der Waals surface area contributed by atoms with Crippen molar-refractivity contribution in [2.45, 2.75) is 18.9 Å². The zero-order chi connectivity index (χ0) is 6.69. The van der Waals surface area contributed by atoms with Gasteiger partial charge in [-0.05, 0) is 12.8 Å². The Bertz CT molecular complexity index is 101. The summed E-state index contributed by atoms with van der Waals surface area (Å²) in [5, 5.41) is 0. The van der Waals surface area contributed by atoms with Crippen LogP contribution in [-0.2, 0) is 4.79 Å². The lowest BCUT2D eigenvalue weighted by Gasteiger charge is -2.13. The van der Waals surface area contributed by atoms with Gasteiger partial charge in [-0.15, -0.1) is 0 Å². The van der Waals surface area contributed by atoms with Crippen molar-refractivity contribution in [3.8, 4) is 0 Å². The number of rotatable bonds is 4. The molecular formula is C6H12N2O. The van der Waals surface area contributed by atoms with Crippen LogP contribution < -0.4 is 5.73 Å². The second kappa shape index (κ2) is 2.82. The number of nitrogens with zero attached hydrogens (tertiary/aromatic N) is 1. The average molecular weight is 128 g/mol. The van der Waals surface area contributed by atoms with Crippen LogP contribution in [0.3, 0.4) is 0 Å². The maximum Gasteiger partial charge on any atom is 0.209 e. The highest BCUT2D eigenvalue weighted by Gasteiger charge is 2.26. The number of carbonyl (C=O) groups is 1. The summed E-state index contributed by atoms with van der Waals surface area (Å²) in [6.45, 7) is 1.30. The first kappa shape index (κ1) is 6.55. The summed E-state index contributed by atoms with van der Waals surface area (Å²) in [4.78, 5) is 12.0. The molecular weight excluding hydrogens is 116 g/mol. The van der Waals surface area contributed by atoms with Crippen molar-refractivity contribution in [1.29, 1.82) is 0 Å². The molecule has 0 aromatic rings. The van der Waals surface area contributed by atoms with Gasteiger partial charge in [0.2, 0.25) is 6.41 Å². The van der Waals surface area contributed by atoms with Gasteiger partial charge >= 0.3 is 0 Å². The number of nitrogens with two attached hydrogens (primary N) is 1. The second-order valence-electron chi connectivity index (χ2n) is 2.36. The molecule has 1 amide bonds. The minimum Gasteiger partial charge on any atom is -0.341 e. The number of carbonyl (C=O) groups excluding carboxylic acids is 1. The SMILES string of the molecule is NCCN(C=O)C1CC1. The molecule has 1 rings (SSSR count). The highest BCUT2D eigenvalue weighted by molar-refractivity contribution is 5.48. The third-order valence-corrected chi connectivity index (χ3v) is 1.54. The summed E-state index contributed by atoms with van der Waals surface area (Å²) in [6, 6.07) is 0.519. The minimum absolute atomic E-state index is 0.519. The molecule has 0 atom stereocenters. The fourth-order valence-corrected chi connectivity index (χ4v) is 0.877. The summed E-state index contributed by atoms with van der Waals surface area (Å²) in [5.41, 5.74) is 5.27. The average Bonchev–Trinajstić information content (AvgIpc) is 2.64. The molecule has 9 heavy (non-hydrogen) atoms. The topological polar surface area (TPSA) is 46.3 Å². The maximum atomic E-state index is 10.2. The first-order chi connectivity index (χ1) is 4.38. The van der Waals surface area contributed by atoms with E-state index in [4.69, 9.17) is 5.73 Å². The fourth-order valence-electron chi connectivity index (χ4n) is 0.877. The summed E-state index contributed by atoms with van der Waals surface area (Å²) in [5.74, 6) is 0. The second-order valence-corrected chi connectivity index (χ2v) is 2.36. The van der Waals surface area contributed by atoms with E-state index >= 15 is 0 Å². The van der Waals surface area contributed by atoms with E-state index in [1.807, 2.05) is 0 Å². The van der Waals surface area contributed by atoms with Gasteiger partial charge in [-0.25, -0.2) is 0 Å². The predicted octanol–water partition coefficient (Wildman–Crippen LogP) is -0.434. The van der Waals surface area contributed by atoms with Crippen molar-refractivity contribution in [2.24, 2.45) is 5.73 Å². The number of hydrogen-bond acceptors (Lipinski definition) is 2. The Hall–Kier alpha value is -0.570. The van der Waals surface area contributed by atoms with Gasteiger partial charge in [0.25, 0.3) is 0 Å². The van der Waals surface area contributed by atoms with Crippen LogP contribution in [0.2, 0.25) is 0 Å². The molecule has 0 spiro atoms. The molecule has 3 heteroatoms. The smallest absolute Gasteiger partial charge is 0.209 e. The Morgan fingerprint density at radius 2 is 2.33 bits per heavy atom. The van der Waals surface area contributed by atoms with Gasteiger partial charge in [-0.3, -0.25) is 4.79 Å². The van der Waals surface area contributed by atoms with Crippen LogP contribution in [0.15, 0.2) is 0 Å². The zero-order valence-electron chi connectivity index (χ0n) is 5.42. The van der Waals surface area contributed by atoms with Crippen LogP contribution in [-0.4, -0.2) is 30.4 Å². The molecule has 3 nitrogen and oxygen atoms in total. The molecule has 0 aromatic carbocycles. The lowest BCUT2D eigenvalue weighted by Crippen LogP contribution is -2.29. The van der Waals surface area contributed by atoms with Crippen molar-refractivity contribution in [2.75, 3.05) is 13.1 Å². The van der Waals surface area contributed by atoms with Gasteiger partial charge in [0.15, 0.2) is 0 Å². The highest BCUT2D eigenvalue weighted by atomic mass is 16.1. The summed E-state index contributed by atoms with van der Waals surface area (Å²) in [7, 11) is 0. The lowest BCUT2D eigenvalue weighted by atomic mass is 10.5. The Balaban J connectivity index is 2.20. The first-order valence-corrected chi connectivity index (χ1v) is 3.29. The predicted molar refractivity (Wildman–Crippen MR) is 34.8 cm³/mol. The highest BCUT2D eigenvalue weighted by Crippen LogP contribution is 2.24. The van der Waals surface area contributed by atoms with Crippen LogP contribution in [0.25, 0.3) is 0 Å². The molecule has 1 aliphatic rings. The lowest BCUT2D eigenvalue weighted by molar-refractivity contribution is -0.118. The fraction of sp³-hybridized carbons (Fsp3) is 0.833. The van der Waals surface area contributed by atoms with Crippen molar-refractivity contribution in [3.05, 3.63) is 0 Å². The van der Waals surface area contributed by atoms with E-state index in [2.05, 4.69) is 0 Å². The molecule has 0 saturated heterocycles. The maximum absolute atomic E-state index is 10.2. The van der Waals surface area contributed by atoms with Gasteiger partial charge in [0, 0.05) is 19.1 Å². The Morgan fingerprint density at radius 1 is 1.67 bits per heavy atom. The molecule has 1 saturated carbocycles. The van der Waals surface area contributed by atoms with E-state index in [0.717, 1.165) is 6.41 Å². The van der Waals surface area contributed by atoms with Crippen molar-refractivity contribution < 1.29 is 4.79 Å². The van der Waals surface area contributed by atoms with Crippen LogP contribution in [0.4, 0.5) is 0 Å². The first-order valence-electron chi connectivity index (χ1n) is 3.29. The molecule has 0 aromatic heterocycles. The van der Waals surface area contributed by atoms with Crippen molar-refractivity contribution in [1.82, 2.24) is 4.90 Å². The largest absolute Gasteiger partial charge is 0.341 e. The third kappa shape index (κ3) is 1.68. The standard InChI is InChI=1S/C6H12N2O/c7-3-4-8(5-9)6-1-2-6/h5-6H,1-4,7H2. The van der Waals surface area contributed by atoms with Gasteiger partial charge in [-0.2, -0.15) is 0 Å². The van der Waals surface area contributed by atoms with Crippen LogP contribution in [0, 0.1) is 0 Å². The Labute approximate surface area is 54.8 Å². The van der Waals surface area contributed by atoms with E-state index in [0.29, 0.717) is 19.1 Å². The minimum atomic E-state index is 0.519. The van der Waals surface area contributed by atoms with E-state index < -0.39 is 0 Å². The van der Waals surface area contributed by atoms with Crippen LogP contribution in [0.1, 0.15) is 12.8 Å². The molecule has 52 valence electrons. The number of amides is 1. The molecule has 0 aliphatic heterocycles. The Morgan fingerprint density at radius 3 is 2.67 bits per heavy atom. The van der Waals surface area contributed by atoms with Gasteiger partial charge < -0.3 is 10.6 Å². The van der Waals surface area contributed by atoms with E-state index in [1.54, 1.807) is 4.90 Å². The summed E-state index contributed by atoms with van der Waals surface area (Å²) in [6.07, 6.45) is 3.22. The molecule has 2 N–H and O–H groups in total. The monoisotopic (exact) mass is 128 g/mol. The zero-order valence-corrected chi connectivity index (χ0v) is 5.42. The van der Waals surface area contributed by atoms with Crippen LogP contribution in [0.5, 0.6) is 0 Å². The van der Waals surface area contributed by atoms with E-state index in [1.165, 1.54) is 12.8 Å². The molecule has 0 unspecified atom stereocenters. The van der Waals surface area contributed by atoms with Gasteiger partial charge in [0.1, 0.15) is 0 Å². The molecule has 0 radical (unpaired) electrons. The van der Waals surface area contributed by atoms with Crippen molar-refractivity contribution in [3.63, 3.8) is 0 Å². The van der Waals surface area contributed by atoms with Crippen molar-refractivity contribution >= 4 is 6.41 Å². The van der Waals surface area contributed by atoms with Crippen LogP contribution >= 0.6 is 0 Å². The number of hydrogen-bond donors (Lipinski definition) is 1. The van der Waals surface area contributed by atoms with Gasteiger partial charge in [0.05, 0.1) is 0 Å². The summed E-state index contributed by atoms with van der Waals surface area (Å²) < 4.78 is 0. The third-order valence-electron chi connectivity index (χ3n) is 1.54. The van der Waals surface area contributed by atoms with E-state index in [-0.39, 0.29) is 0 Å². The van der Waals surface area contributed by atoms with E-state index in [9.17, 15) is 4.79 Å². The van der Waals surface area contributed by atoms with Gasteiger partial charge in [-0.1, -0.05) is 0 Å². The molecule has 1 aliphatic carbocycles. The molecule has 0 heterocycles. The molecule has 1 fully saturated rings. The molecule has 0 bridgehead atoms.